The van der Waals surface area contributed by atoms with Crippen molar-refractivity contribution in [1.82, 2.24) is 14.9 Å². The Morgan fingerprint density at radius 3 is 2.84 bits per heavy atom. The summed E-state index contributed by atoms with van der Waals surface area (Å²) < 4.78 is 7.34. The Balaban J connectivity index is 2.05. The molecule has 0 amide bonds. The minimum absolute atomic E-state index is 0.221. The lowest BCUT2D eigenvalue weighted by molar-refractivity contribution is 0.341. The van der Waals surface area contributed by atoms with E-state index in [2.05, 4.69) is 15.3 Å². The second kappa shape index (κ2) is 7.18. The number of phenols is 2. The second-order valence-corrected chi connectivity index (χ2v) is 5.44. The molecule has 3 N–H and O–H groups in total. The molecule has 3 aromatic rings. The quantitative estimate of drug-likeness (QED) is 0.370. The normalized spacial score (nSPS) is 11.1. The number of nitrogens with one attached hydrogen (secondary N) is 1. The van der Waals surface area contributed by atoms with E-state index >= 15 is 0 Å². The summed E-state index contributed by atoms with van der Waals surface area (Å²) in [6.45, 7) is 2.42. The number of aromatic amines is 1. The van der Waals surface area contributed by atoms with Gasteiger partial charge in [0.25, 0.3) is 0 Å². The molecule has 0 fully saturated rings. The summed E-state index contributed by atoms with van der Waals surface area (Å²) in [4.78, 5) is 0. The van der Waals surface area contributed by atoms with E-state index in [0.29, 0.717) is 23.7 Å². The summed E-state index contributed by atoms with van der Waals surface area (Å²) in [6, 6.07) is 12.0. The number of nitrogens with zero attached hydrogens (tertiary/aromatic N) is 3. The molecule has 128 valence electrons. The SMILES string of the molecule is CCOc1ccccc1-c1n[nH]c(=S)n1/N=C/c1cccc(O)c1O. The number of para-hydroxylation sites is 2. The fourth-order valence-corrected chi connectivity index (χ4v) is 2.46. The summed E-state index contributed by atoms with van der Waals surface area (Å²) in [6.07, 6.45) is 1.40. The summed E-state index contributed by atoms with van der Waals surface area (Å²) in [7, 11) is 0. The summed E-state index contributed by atoms with van der Waals surface area (Å²) >= 11 is 5.23. The highest BCUT2D eigenvalue weighted by Crippen LogP contribution is 2.29. The molecule has 0 aliphatic rings. The first-order valence-corrected chi connectivity index (χ1v) is 7.97. The van der Waals surface area contributed by atoms with Gasteiger partial charge in [-0.2, -0.15) is 14.9 Å². The van der Waals surface area contributed by atoms with Gasteiger partial charge in [-0.05, 0) is 43.4 Å². The number of H-pyrrole nitrogens is 1. The van der Waals surface area contributed by atoms with E-state index in [-0.39, 0.29) is 16.3 Å². The molecule has 0 saturated carbocycles. The first-order valence-electron chi connectivity index (χ1n) is 7.56. The molecule has 7 nitrogen and oxygen atoms in total. The highest BCUT2D eigenvalue weighted by Gasteiger charge is 2.13. The molecule has 0 bridgehead atoms. The number of hydrogen-bond donors (Lipinski definition) is 3. The molecule has 25 heavy (non-hydrogen) atoms. The van der Waals surface area contributed by atoms with Gasteiger partial charge in [0.1, 0.15) is 5.75 Å². The van der Waals surface area contributed by atoms with Crippen molar-refractivity contribution in [3.05, 3.63) is 52.8 Å². The maximum absolute atomic E-state index is 9.88. The van der Waals surface area contributed by atoms with Crippen LogP contribution >= 0.6 is 12.2 Å². The Kier molecular flexibility index (Phi) is 4.80. The molecular formula is C17H16N4O3S. The Hall–Kier alpha value is -3.13. The van der Waals surface area contributed by atoms with E-state index in [1.54, 1.807) is 12.1 Å². The molecule has 0 spiro atoms. The van der Waals surface area contributed by atoms with Crippen molar-refractivity contribution in [2.45, 2.75) is 6.92 Å². The molecular weight excluding hydrogens is 340 g/mol. The molecule has 3 rings (SSSR count). The molecule has 8 heteroatoms. The third-order valence-electron chi connectivity index (χ3n) is 3.44. The zero-order valence-corrected chi connectivity index (χ0v) is 14.2. The maximum Gasteiger partial charge on any atom is 0.216 e. The number of ether oxygens (including phenoxy) is 1. The number of hydrogen-bond acceptors (Lipinski definition) is 6. The minimum Gasteiger partial charge on any atom is -0.504 e. The van der Waals surface area contributed by atoms with Crippen LogP contribution in [0.1, 0.15) is 12.5 Å². The molecule has 0 unspecified atom stereocenters. The lowest BCUT2D eigenvalue weighted by Gasteiger charge is -2.08. The van der Waals surface area contributed by atoms with Gasteiger partial charge in [0, 0.05) is 5.56 Å². The van der Waals surface area contributed by atoms with E-state index in [1.807, 2.05) is 31.2 Å². The Morgan fingerprint density at radius 1 is 1.24 bits per heavy atom. The third-order valence-corrected chi connectivity index (χ3v) is 3.70. The monoisotopic (exact) mass is 356 g/mol. The standard InChI is InChI=1S/C17H16N4O3S/c1-2-24-14-9-4-3-7-12(14)16-19-20-17(25)21(16)18-10-11-6-5-8-13(22)15(11)23/h3-10,22-23H,2H2,1H3,(H,20,25)/b18-10+. The van der Waals surface area contributed by atoms with Gasteiger partial charge in [-0.15, -0.1) is 0 Å². The molecule has 0 atom stereocenters. The molecule has 0 radical (unpaired) electrons. The van der Waals surface area contributed by atoms with E-state index in [9.17, 15) is 10.2 Å². The van der Waals surface area contributed by atoms with E-state index in [4.69, 9.17) is 17.0 Å². The van der Waals surface area contributed by atoms with Crippen LogP contribution in [0.25, 0.3) is 11.4 Å². The first kappa shape index (κ1) is 16.7. The van der Waals surface area contributed by atoms with Gasteiger partial charge in [-0.3, -0.25) is 0 Å². The topological polar surface area (TPSA) is 95.7 Å². The predicted molar refractivity (Wildman–Crippen MR) is 96.8 cm³/mol. The zero-order valence-electron chi connectivity index (χ0n) is 13.4. The second-order valence-electron chi connectivity index (χ2n) is 5.05. The van der Waals surface area contributed by atoms with Crippen molar-refractivity contribution in [1.29, 1.82) is 0 Å². The highest BCUT2D eigenvalue weighted by molar-refractivity contribution is 7.71. The van der Waals surface area contributed by atoms with Crippen molar-refractivity contribution < 1.29 is 14.9 Å². The number of aromatic hydroxyl groups is 2. The van der Waals surface area contributed by atoms with Gasteiger partial charge in [0.2, 0.25) is 4.77 Å². The van der Waals surface area contributed by atoms with E-state index in [0.717, 1.165) is 5.56 Å². The number of aromatic nitrogens is 3. The maximum atomic E-state index is 9.88. The minimum atomic E-state index is -0.252. The van der Waals surface area contributed by atoms with Crippen LogP contribution in [0.15, 0.2) is 47.6 Å². The van der Waals surface area contributed by atoms with Crippen LogP contribution in [0.4, 0.5) is 0 Å². The molecule has 2 aromatic carbocycles. The van der Waals surface area contributed by atoms with Gasteiger partial charge in [0.05, 0.1) is 18.4 Å². The molecule has 1 heterocycles. The molecule has 0 saturated heterocycles. The molecule has 1 aromatic heterocycles. The van der Waals surface area contributed by atoms with Crippen LogP contribution < -0.4 is 4.74 Å². The van der Waals surface area contributed by atoms with Crippen molar-refractivity contribution in [2.24, 2.45) is 5.10 Å². The van der Waals surface area contributed by atoms with Crippen LogP contribution in [-0.2, 0) is 0 Å². The number of rotatable bonds is 5. The van der Waals surface area contributed by atoms with Crippen LogP contribution in [-0.4, -0.2) is 37.9 Å². The van der Waals surface area contributed by atoms with Crippen LogP contribution in [0.3, 0.4) is 0 Å². The van der Waals surface area contributed by atoms with Crippen molar-refractivity contribution in [3.63, 3.8) is 0 Å². The van der Waals surface area contributed by atoms with Gasteiger partial charge in [-0.25, -0.2) is 5.10 Å². The molecule has 0 aliphatic heterocycles. The Morgan fingerprint density at radius 2 is 2.04 bits per heavy atom. The summed E-state index contributed by atoms with van der Waals surface area (Å²) in [5.41, 5.74) is 1.08. The van der Waals surface area contributed by atoms with E-state index < -0.39 is 0 Å². The van der Waals surface area contributed by atoms with Crippen molar-refractivity contribution >= 4 is 18.4 Å². The van der Waals surface area contributed by atoms with Gasteiger partial charge in [0.15, 0.2) is 17.3 Å². The summed E-state index contributed by atoms with van der Waals surface area (Å²) in [5, 5.41) is 30.6. The smallest absolute Gasteiger partial charge is 0.216 e. The predicted octanol–water partition coefficient (Wildman–Crippen LogP) is 3.30. The van der Waals surface area contributed by atoms with Gasteiger partial charge in [-0.1, -0.05) is 18.2 Å². The van der Waals surface area contributed by atoms with Gasteiger partial charge >= 0.3 is 0 Å². The number of benzene rings is 2. The van der Waals surface area contributed by atoms with Crippen molar-refractivity contribution in [3.8, 4) is 28.6 Å². The zero-order chi connectivity index (χ0) is 17.8. The van der Waals surface area contributed by atoms with Crippen LogP contribution in [0.2, 0.25) is 0 Å². The average molecular weight is 356 g/mol. The fourth-order valence-electron chi connectivity index (χ4n) is 2.28. The average Bonchev–Trinajstić information content (AvgIpc) is 2.98. The van der Waals surface area contributed by atoms with Crippen LogP contribution in [0.5, 0.6) is 17.2 Å². The summed E-state index contributed by atoms with van der Waals surface area (Å²) in [5.74, 6) is 0.666. The fraction of sp³-hybridized carbons (Fsp3) is 0.118. The Bertz CT molecular complexity index is 978. The largest absolute Gasteiger partial charge is 0.504 e. The lowest BCUT2D eigenvalue weighted by atomic mass is 10.2. The van der Waals surface area contributed by atoms with Crippen LogP contribution in [0, 0.1) is 4.77 Å². The molecule has 0 aliphatic carbocycles. The van der Waals surface area contributed by atoms with Gasteiger partial charge < -0.3 is 14.9 Å². The Labute approximate surface area is 148 Å². The van der Waals surface area contributed by atoms with Crippen molar-refractivity contribution in [2.75, 3.05) is 6.61 Å². The van der Waals surface area contributed by atoms with E-state index in [1.165, 1.54) is 17.0 Å². The third kappa shape index (κ3) is 3.38. The lowest BCUT2D eigenvalue weighted by Crippen LogP contribution is -1.99. The highest BCUT2D eigenvalue weighted by atomic mass is 32.1. The number of phenolic OH excluding ortho intramolecular Hbond substituents is 2. The first-order chi connectivity index (χ1) is 12.1.